The molecule has 2 radical (unpaired) electrons. The molecule has 0 nitrogen and oxygen atoms in total. The van der Waals surface area contributed by atoms with E-state index in [4.69, 9.17) is 0 Å². The summed E-state index contributed by atoms with van der Waals surface area (Å²) in [7, 11) is 0.931. The topological polar surface area (TPSA) is 0 Å². The standard InChI is InChI=1S/C44H50Si.2Li.2H/c1-9-29-25-39-35(31-17-21-33(22-18-31)43(3,4)5)13-11-15-37(39)41(29)27-45-28-42-30(10-2)26-40-36(14-12-16-38(40)42)32-19-23-34(24-20-32)44(6,7)8;;;;/h11-26,41-42H,9-10,27-28H2,1-8H3;;;;/q;2*+1;2*-1. The molecule has 3 heteroatoms. The van der Waals surface area contributed by atoms with E-state index in [1.807, 2.05) is 0 Å². The van der Waals surface area contributed by atoms with Crippen molar-refractivity contribution in [3.8, 4) is 22.3 Å². The van der Waals surface area contributed by atoms with Crippen molar-refractivity contribution in [2.24, 2.45) is 0 Å². The quantitative estimate of drug-likeness (QED) is 0.188. The van der Waals surface area contributed by atoms with Gasteiger partial charge in [0, 0.05) is 21.4 Å². The van der Waals surface area contributed by atoms with Crippen LogP contribution < -0.4 is 37.7 Å². The maximum Gasteiger partial charge on any atom is 1.00 e. The Kier molecular flexibility index (Phi) is 12.1. The summed E-state index contributed by atoms with van der Waals surface area (Å²) >= 11 is 0. The fourth-order valence-corrected chi connectivity index (χ4v) is 9.13. The molecule has 2 atom stereocenters. The molecule has 2 aliphatic carbocycles. The first-order chi connectivity index (χ1) is 21.5. The molecule has 0 aliphatic heterocycles. The van der Waals surface area contributed by atoms with E-state index >= 15 is 0 Å². The zero-order chi connectivity index (χ0) is 31.9. The molecule has 0 bridgehead atoms. The van der Waals surface area contributed by atoms with Crippen LogP contribution in [0.25, 0.3) is 34.4 Å². The Morgan fingerprint density at radius 3 is 1.21 bits per heavy atom. The minimum atomic E-state index is 0. The van der Waals surface area contributed by atoms with Crippen LogP contribution in [0.15, 0.2) is 96.1 Å². The molecule has 0 N–H and O–H groups in total. The van der Waals surface area contributed by atoms with E-state index < -0.39 is 0 Å². The van der Waals surface area contributed by atoms with Crippen molar-refractivity contribution in [3.63, 3.8) is 0 Å². The zero-order valence-electron chi connectivity index (χ0n) is 32.7. The third kappa shape index (κ3) is 7.67. The van der Waals surface area contributed by atoms with Crippen LogP contribution in [-0.4, -0.2) is 9.52 Å². The minimum Gasteiger partial charge on any atom is -1.00 e. The smallest absolute Gasteiger partial charge is 1.00 e. The Morgan fingerprint density at radius 2 is 0.894 bits per heavy atom. The van der Waals surface area contributed by atoms with Gasteiger partial charge in [-0.1, -0.05) is 176 Å². The first-order valence-corrected chi connectivity index (χ1v) is 18.5. The average Bonchev–Trinajstić information content (AvgIpc) is 3.58. The molecule has 2 aliphatic rings. The van der Waals surface area contributed by atoms with Crippen LogP contribution in [0.1, 0.15) is 116 Å². The predicted octanol–water partition coefficient (Wildman–Crippen LogP) is 6.87. The summed E-state index contributed by atoms with van der Waals surface area (Å²) < 4.78 is 0. The summed E-state index contributed by atoms with van der Waals surface area (Å²) in [6, 6.07) is 35.1. The van der Waals surface area contributed by atoms with E-state index in [-0.39, 0.29) is 51.4 Å². The SMILES string of the molecule is CCC1=Cc2c(-c3ccc(C(C)(C)C)cc3)cccc2C1C[Si]CC1C(CC)=Cc2c(-c3ccc(C(C)(C)C)cc3)cccc21.[H-].[H-].[Li+].[Li+]. The molecule has 4 aromatic rings. The Hall–Kier alpha value is -2.23. The zero-order valence-corrected chi connectivity index (χ0v) is 31.7. The minimum absolute atomic E-state index is 0. The fourth-order valence-electron chi connectivity index (χ4n) is 7.42. The Balaban J connectivity index is 0.00000208. The van der Waals surface area contributed by atoms with Gasteiger partial charge >= 0.3 is 37.7 Å². The molecule has 6 rings (SSSR count). The molecule has 47 heavy (non-hydrogen) atoms. The molecule has 0 heterocycles. The van der Waals surface area contributed by atoms with Crippen LogP contribution in [0.4, 0.5) is 0 Å². The van der Waals surface area contributed by atoms with Gasteiger partial charge in [-0.3, -0.25) is 0 Å². The van der Waals surface area contributed by atoms with Gasteiger partial charge in [-0.25, -0.2) is 0 Å². The van der Waals surface area contributed by atoms with Crippen LogP contribution in [0.3, 0.4) is 0 Å². The van der Waals surface area contributed by atoms with Crippen molar-refractivity contribution in [3.05, 3.63) is 129 Å². The summed E-state index contributed by atoms with van der Waals surface area (Å²) in [6.07, 6.45) is 7.29. The van der Waals surface area contributed by atoms with Gasteiger partial charge in [-0.15, -0.1) is 0 Å². The van der Waals surface area contributed by atoms with Crippen molar-refractivity contribution in [2.75, 3.05) is 0 Å². The van der Waals surface area contributed by atoms with E-state index in [0.717, 1.165) is 22.4 Å². The molecular weight excluding hydrogens is 570 g/mol. The summed E-state index contributed by atoms with van der Waals surface area (Å²) in [4.78, 5) is 0. The number of benzene rings is 4. The average molecular weight is 623 g/mol. The van der Waals surface area contributed by atoms with Crippen molar-refractivity contribution in [1.82, 2.24) is 0 Å². The van der Waals surface area contributed by atoms with Crippen LogP contribution in [0.2, 0.25) is 12.1 Å². The van der Waals surface area contributed by atoms with Crippen molar-refractivity contribution in [1.29, 1.82) is 0 Å². The van der Waals surface area contributed by atoms with Gasteiger partial charge in [0.05, 0.1) is 0 Å². The van der Waals surface area contributed by atoms with Gasteiger partial charge in [0.1, 0.15) is 0 Å². The number of hydrogen-bond acceptors (Lipinski definition) is 0. The van der Waals surface area contributed by atoms with Gasteiger partial charge in [0.15, 0.2) is 0 Å². The van der Waals surface area contributed by atoms with Crippen molar-refractivity contribution >= 4 is 21.7 Å². The van der Waals surface area contributed by atoms with Crippen molar-refractivity contribution in [2.45, 2.75) is 103 Å². The van der Waals surface area contributed by atoms with Gasteiger partial charge in [0.2, 0.25) is 0 Å². The largest absolute Gasteiger partial charge is 1.00 e. The van der Waals surface area contributed by atoms with E-state index in [1.54, 1.807) is 11.1 Å². The van der Waals surface area contributed by atoms with Crippen LogP contribution in [0, 0.1) is 0 Å². The van der Waals surface area contributed by atoms with Gasteiger partial charge < -0.3 is 2.85 Å². The second-order valence-electron chi connectivity index (χ2n) is 15.2. The molecule has 4 aromatic carbocycles. The van der Waals surface area contributed by atoms with Crippen LogP contribution in [0.5, 0.6) is 0 Å². The second-order valence-corrected chi connectivity index (χ2v) is 16.5. The first-order valence-electron chi connectivity index (χ1n) is 17.1. The maximum absolute atomic E-state index is 2.52. The second kappa shape index (κ2) is 15.1. The number of fused-ring (bicyclic) bond motifs is 2. The maximum atomic E-state index is 2.52. The molecule has 0 saturated heterocycles. The molecule has 2 unspecified atom stereocenters. The summed E-state index contributed by atoms with van der Waals surface area (Å²) in [6.45, 7) is 18.4. The van der Waals surface area contributed by atoms with Gasteiger partial charge in [-0.05, 0) is 79.3 Å². The molecule has 0 spiro atoms. The third-order valence-corrected chi connectivity index (χ3v) is 11.6. The molecular formula is C44H52Li2Si. The third-order valence-electron chi connectivity index (χ3n) is 10.2. The van der Waals surface area contributed by atoms with E-state index in [2.05, 4.69) is 152 Å². The molecule has 0 fully saturated rings. The molecule has 0 saturated carbocycles. The Morgan fingerprint density at radius 1 is 0.532 bits per heavy atom. The van der Waals surface area contributed by atoms with Crippen LogP contribution >= 0.6 is 0 Å². The van der Waals surface area contributed by atoms with Crippen LogP contribution in [-0.2, 0) is 10.8 Å². The van der Waals surface area contributed by atoms with Gasteiger partial charge in [-0.2, -0.15) is 0 Å². The Bertz CT molecular complexity index is 1630. The molecule has 234 valence electrons. The fraction of sp³-hybridized carbons (Fsp3) is 0.364. The normalized spacial score (nSPS) is 16.9. The molecule has 0 amide bonds. The summed E-state index contributed by atoms with van der Waals surface area (Å²) in [5.41, 5.74) is 17.8. The Labute approximate surface area is 315 Å². The number of hydrogen-bond donors (Lipinski definition) is 0. The summed E-state index contributed by atoms with van der Waals surface area (Å²) in [5.74, 6) is 1.08. The van der Waals surface area contributed by atoms with E-state index in [1.165, 1.54) is 67.7 Å². The van der Waals surface area contributed by atoms with Gasteiger partial charge in [0.25, 0.3) is 0 Å². The monoisotopic (exact) mass is 622 g/mol. The first kappa shape index (κ1) is 37.6. The van der Waals surface area contributed by atoms with Crippen molar-refractivity contribution < 1.29 is 40.6 Å². The molecule has 0 aromatic heterocycles. The van der Waals surface area contributed by atoms with E-state index in [9.17, 15) is 0 Å². The number of allylic oxidation sites excluding steroid dienone is 2. The number of rotatable bonds is 8. The predicted molar refractivity (Wildman–Crippen MR) is 201 cm³/mol. The summed E-state index contributed by atoms with van der Waals surface area (Å²) in [5, 5.41) is 0. The van der Waals surface area contributed by atoms with E-state index in [0.29, 0.717) is 11.8 Å².